The van der Waals surface area contributed by atoms with Crippen molar-refractivity contribution in [2.24, 2.45) is 0 Å². The Balaban J connectivity index is 2.25. The number of rotatable bonds is 8. The summed E-state index contributed by atoms with van der Waals surface area (Å²) in [7, 11) is 0. The minimum atomic E-state index is 0.0412. The summed E-state index contributed by atoms with van der Waals surface area (Å²) >= 11 is 0. The minimum absolute atomic E-state index is 0.0412. The van der Waals surface area contributed by atoms with Crippen LogP contribution in [0.25, 0.3) is 0 Å². The molecule has 1 N–H and O–H groups in total. The summed E-state index contributed by atoms with van der Waals surface area (Å²) in [6.45, 7) is 4.03. The molecular formula is C15H27NO2. The van der Waals surface area contributed by atoms with E-state index in [-0.39, 0.29) is 6.04 Å². The van der Waals surface area contributed by atoms with E-state index in [1.165, 1.54) is 0 Å². The fourth-order valence-electron chi connectivity index (χ4n) is 2.58. The first-order chi connectivity index (χ1) is 8.67. The highest BCUT2D eigenvalue weighted by Crippen LogP contribution is 2.18. The molecule has 0 aliphatic carbocycles. The lowest BCUT2D eigenvalue weighted by atomic mass is 9.92. The number of nitrogens with one attached hydrogen (secondary N) is 1. The van der Waals surface area contributed by atoms with Gasteiger partial charge in [-0.3, -0.25) is 9.59 Å². The Morgan fingerprint density at radius 1 is 1.17 bits per heavy atom. The monoisotopic (exact) mass is 253 g/mol. The van der Waals surface area contributed by atoms with Gasteiger partial charge >= 0.3 is 0 Å². The van der Waals surface area contributed by atoms with Crippen molar-refractivity contribution in [1.29, 1.82) is 0 Å². The molecule has 18 heavy (non-hydrogen) atoms. The van der Waals surface area contributed by atoms with Gasteiger partial charge in [-0.15, -0.1) is 0 Å². The lowest BCUT2D eigenvalue weighted by Crippen LogP contribution is -2.46. The average molecular weight is 253 g/mol. The maximum absolute atomic E-state index is 11.7. The van der Waals surface area contributed by atoms with Crippen molar-refractivity contribution in [3.05, 3.63) is 0 Å². The lowest BCUT2D eigenvalue weighted by Gasteiger charge is -2.30. The fourth-order valence-corrected chi connectivity index (χ4v) is 2.58. The van der Waals surface area contributed by atoms with Gasteiger partial charge in [0.15, 0.2) is 0 Å². The maximum atomic E-state index is 11.7. The van der Waals surface area contributed by atoms with E-state index in [1.807, 2.05) is 6.92 Å². The normalized spacial score (nSPS) is 23.9. The van der Waals surface area contributed by atoms with E-state index in [1.54, 1.807) is 0 Å². The summed E-state index contributed by atoms with van der Waals surface area (Å²) in [6.07, 6.45) is 8.17. The van der Waals surface area contributed by atoms with Crippen LogP contribution in [-0.4, -0.2) is 23.7 Å². The van der Waals surface area contributed by atoms with Crippen molar-refractivity contribution in [2.75, 3.05) is 0 Å². The molecule has 1 aliphatic heterocycles. The molecule has 0 unspecified atom stereocenters. The molecule has 0 radical (unpaired) electrons. The molecule has 0 bridgehead atoms. The van der Waals surface area contributed by atoms with Gasteiger partial charge in [-0.25, -0.2) is 0 Å². The molecule has 1 heterocycles. The van der Waals surface area contributed by atoms with E-state index >= 15 is 0 Å². The Bertz CT molecular complexity index is 276. The molecule has 0 saturated carbocycles. The van der Waals surface area contributed by atoms with Gasteiger partial charge in [0.2, 0.25) is 0 Å². The van der Waals surface area contributed by atoms with Crippen molar-refractivity contribution >= 4 is 11.6 Å². The molecule has 2 atom stereocenters. The predicted octanol–water partition coefficient (Wildman–Crippen LogP) is 3.02. The molecule has 0 aromatic carbocycles. The van der Waals surface area contributed by atoms with E-state index in [4.69, 9.17) is 0 Å². The van der Waals surface area contributed by atoms with Crippen LogP contribution in [0.1, 0.15) is 71.6 Å². The zero-order chi connectivity index (χ0) is 13.4. The van der Waals surface area contributed by atoms with Crippen LogP contribution in [0.15, 0.2) is 0 Å². The second-order valence-electron chi connectivity index (χ2n) is 5.35. The Morgan fingerprint density at radius 3 is 2.61 bits per heavy atom. The number of piperidine rings is 1. The Hall–Kier alpha value is -0.700. The molecule has 1 saturated heterocycles. The van der Waals surface area contributed by atoms with Crippen LogP contribution in [-0.2, 0) is 9.59 Å². The maximum Gasteiger partial charge on any atom is 0.149 e. The van der Waals surface area contributed by atoms with Crippen molar-refractivity contribution in [2.45, 2.75) is 83.7 Å². The highest BCUT2D eigenvalue weighted by Gasteiger charge is 2.25. The number of carbonyl (C=O) groups excluding carboxylic acids is 2. The number of unbranched alkanes of at least 4 members (excludes halogenated alkanes) is 1. The van der Waals surface area contributed by atoms with Crippen LogP contribution >= 0.6 is 0 Å². The van der Waals surface area contributed by atoms with Gasteiger partial charge in [-0.05, 0) is 32.1 Å². The van der Waals surface area contributed by atoms with Crippen molar-refractivity contribution < 1.29 is 9.59 Å². The number of ketones is 2. The van der Waals surface area contributed by atoms with Crippen LogP contribution in [0.4, 0.5) is 0 Å². The summed E-state index contributed by atoms with van der Waals surface area (Å²) < 4.78 is 0. The van der Waals surface area contributed by atoms with E-state index in [9.17, 15) is 9.59 Å². The third-order valence-electron chi connectivity index (χ3n) is 3.80. The van der Waals surface area contributed by atoms with Crippen molar-refractivity contribution in [3.63, 3.8) is 0 Å². The first-order valence-electron chi connectivity index (χ1n) is 7.47. The number of hydrogen-bond acceptors (Lipinski definition) is 3. The average Bonchev–Trinajstić information content (AvgIpc) is 2.42. The van der Waals surface area contributed by atoms with Gasteiger partial charge in [-0.1, -0.05) is 20.3 Å². The van der Waals surface area contributed by atoms with Gasteiger partial charge in [0.25, 0.3) is 0 Å². The molecule has 104 valence electrons. The standard InChI is InChI=1S/C15H27NO2/c1-3-5-8-13(17)11-10-12-7-6-9-14(16-12)15(18)4-2/h12,14,16H,3-11H2,1-2H3/t12-,14+/m1/s1. The molecular weight excluding hydrogens is 226 g/mol. The SMILES string of the molecule is CCCCC(=O)CC[C@H]1CCC[C@@H](C(=O)CC)N1. The fraction of sp³-hybridized carbons (Fsp3) is 0.867. The van der Waals surface area contributed by atoms with E-state index in [0.29, 0.717) is 30.4 Å². The van der Waals surface area contributed by atoms with Crippen LogP contribution < -0.4 is 5.32 Å². The zero-order valence-electron chi connectivity index (χ0n) is 11.8. The van der Waals surface area contributed by atoms with Gasteiger partial charge in [0.05, 0.1) is 6.04 Å². The van der Waals surface area contributed by atoms with E-state index < -0.39 is 0 Å². The van der Waals surface area contributed by atoms with Gasteiger partial charge < -0.3 is 5.32 Å². The molecule has 1 aliphatic rings. The highest BCUT2D eigenvalue weighted by atomic mass is 16.1. The summed E-state index contributed by atoms with van der Waals surface area (Å²) in [6, 6.07) is 0.407. The smallest absolute Gasteiger partial charge is 0.149 e. The van der Waals surface area contributed by atoms with Crippen molar-refractivity contribution in [1.82, 2.24) is 5.32 Å². The van der Waals surface area contributed by atoms with E-state index in [0.717, 1.165) is 44.9 Å². The van der Waals surface area contributed by atoms with Gasteiger partial charge in [0, 0.05) is 25.3 Å². The summed E-state index contributed by atoms with van der Waals surface area (Å²) in [5, 5.41) is 3.41. The third-order valence-corrected chi connectivity index (χ3v) is 3.80. The first kappa shape index (κ1) is 15.4. The second-order valence-corrected chi connectivity index (χ2v) is 5.35. The van der Waals surface area contributed by atoms with Crippen LogP contribution in [0, 0.1) is 0 Å². The molecule has 0 amide bonds. The largest absolute Gasteiger partial charge is 0.305 e. The number of Topliss-reactive ketones (excluding diaryl/α,β-unsaturated/α-hetero) is 2. The van der Waals surface area contributed by atoms with E-state index in [2.05, 4.69) is 12.2 Å². The first-order valence-corrected chi connectivity index (χ1v) is 7.47. The highest BCUT2D eigenvalue weighted by molar-refractivity contribution is 5.83. The summed E-state index contributed by atoms with van der Waals surface area (Å²) in [5.41, 5.74) is 0. The predicted molar refractivity (Wildman–Crippen MR) is 73.6 cm³/mol. The number of carbonyl (C=O) groups is 2. The van der Waals surface area contributed by atoms with Crippen LogP contribution in [0.3, 0.4) is 0 Å². The van der Waals surface area contributed by atoms with Crippen LogP contribution in [0.2, 0.25) is 0 Å². The minimum Gasteiger partial charge on any atom is -0.305 e. The number of hydrogen-bond donors (Lipinski definition) is 1. The molecule has 0 aromatic rings. The molecule has 1 rings (SSSR count). The Labute approximate surface area is 111 Å². The molecule has 0 spiro atoms. The second kappa shape index (κ2) is 8.41. The summed E-state index contributed by atoms with van der Waals surface area (Å²) in [5.74, 6) is 0.694. The van der Waals surface area contributed by atoms with Gasteiger partial charge in [0.1, 0.15) is 11.6 Å². The van der Waals surface area contributed by atoms with Gasteiger partial charge in [-0.2, -0.15) is 0 Å². The molecule has 1 fully saturated rings. The molecule has 3 heteroatoms. The summed E-state index contributed by atoms with van der Waals surface area (Å²) in [4.78, 5) is 23.3. The van der Waals surface area contributed by atoms with Crippen LogP contribution in [0.5, 0.6) is 0 Å². The molecule has 0 aromatic heterocycles. The quantitative estimate of drug-likeness (QED) is 0.723. The molecule has 3 nitrogen and oxygen atoms in total. The Morgan fingerprint density at radius 2 is 1.94 bits per heavy atom. The van der Waals surface area contributed by atoms with Crippen molar-refractivity contribution in [3.8, 4) is 0 Å². The third kappa shape index (κ3) is 5.30. The zero-order valence-corrected chi connectivity index (χ0v) is 11.8. The Kier molecular flexibility index (Phi) is 7.18. The lowest BCUT2D eigenvalue weighted by molar-refractivity contribution is -0.121. The topological polar surface area (TPSA) is 46.2 Å².